The first-order valence-corrected chi connectivity index (χ1v) is 10.4. The number of hydrogen-bond donors (Lipinski definition) is 2. The van der Waals surface area contributed by atoms with Crippen LogP contribution in [0.5, 0.6) is 0 Å². The first-order valence-electron chi connectivity index (χ1n) is 6.97. The van der Waals surface area contributed by atoms with Crippen LogP contribution in [0.25, 0.3) is 22.1 Å². The van der Waals surface area contributed by atoms with Crippen molar-refractivity contribution in [2.75, 3.05) is 4.72 Å². The predicted octanol–water partition coefficient (Wildman–Crippen LogP) is 2.90. The van der Waals surface area contributed by atoms with E-state index in [4.69, 9.17) is 11.6 Å². The summed E-state index contributed by atoms with van der Waals surface area (Å²) >= 11 is 7.88. The lowest BCUT2D eigenvalue weighted by Crippen LogP contribution is -2.11. The van der Waals surface area contributed by atoms with E-state index in [0.717, 1.165) is 22.9 Å². The summed E-state index contributed by atoms with van der Waals surface area (Å²) in [5.74, 6) is 0.779. The van der Waals surface area contributed by atoms with Crippen molar-refractivity contribution in [2.24, 2.45) is 0 Å². The topological polar surface area (TPSA) is 126 Å². The molecule has 26 heavy (non-hydrogen) atoms. The van der Waals surface area contributed by atoms with Crippen molar-refractivity contribution in [1.29, 1.82) is 0 Å². The van der Waals surface area contributed by atoms with Gasteiger partial charge in [0.2, 0.25) is 10.3 Å². The third-order valence-electron chi connectivity index (χ3n) is 3.19. The molecule has 4 rings (SSSR count). The van der Waals surface area contributed by atoms with Crippen molar-refractivity contribution in [3.05, 3.63) is 40.9 Å². The molecule has 0 bridgehead atoms. The summed E-state index contributed by atoms with van der Waals surface area (Å²) in [5.41, 5.74) is 1.02. The lowest BCUT2D eigenvalue weighted by Gasteiger charge is -2.07. The summed E-state index contributed by atoms with van der Waals surface area (Å²) in [5, 5.41) is 13.6. The highest BCUT2D eigenvalue weighted by atomic mass is 35.5. The van der Waals surface area contributed by atoms with Gasteiger partial charge in [-0.1, -0.05) is 12.1 Å². The van der Waals surface area contributed by atoms with Crippen molar-refractivity contribution in [3.63, 3.8) is 0 Å². The van der Waals surface area contributed by atoms with Crippen LogP contribution in [0.3, 0.4) is 0 Å². The summed E-state index contributed by atoms with van der Waals surface area (Å²) in [6, 6.07) is 9.86. The van der Waals surface area contributed by atoms with E-state index in [-0.39, 0.29) is 4.21 Å². The lowest BCUT2D eigenvalue weighted by atomic mass is 10.2. The minimum atomic E-state index is -3.76. The molecule has 3 heterocycles. The number of thiophene rings is 1. The van der Waals surface area contributed by atoms with E-state index in [1.54, 1.807) is 30.3 Å². The Labute approximate surface area is 160 Å². The highest BCUT2D eigenvalue weighted by Gasteiger charge is 2.19. The van der Waals surface area contributed by atoms with Crippen LogP contribution in [0.15, 0.2) is 40.6 Å². The standard InChI is InChI=1S/C13H8ClN7O2S3/c14-13-15-12(18-25-13)9-4-5-10(24-9)26(22,23)19-8-3-1-2-7(6-8)11-16-20-21-17-11/h1-6,19H,(H,16,17,20,21). The van der Waals surface area contributed by atoms with Gasteiger partial charge in [-0.05, 0) is 52.6 Å². The Morgan fingerprint density at radius 3 is 2.77 bits per heavy atom. The molecule has 1 aromatic carbocycles. The summed E-state index contributed by atoms with van der Waals surface area (Å²) < 4.78 is 32.3. The Morgan fingerprint density at radius 2 is 2.04 bits per heavy atom. The predicted molar refractivity (Wildman–Crippen MR) is 98.7 cm³/mol. The average Bonchev–Trinajstić information content (AvgIpc) is 3.36. The number of hydrogen-bond acceptors (Lipinski definition) is 9. The Kier molecular flexibility index (Phi) is 4.40. The van der Waals surface area contributed by atoms with Crippen LogP contribution in [0.1, 0.15) is 0 Å². The van der Waals surface area contributed by atoms with Crippen LogP contribution in [-0.4, -0.2) is 38.4 Å². The second kappa shape index (κ2) is 6.72. The molecule has 0 spiro atoms. The minimum absolute atomic E-state index is 0.142. The second-order valence-electron chi connectivity index (χ2n) is 4.91. The molecular formula is C13H8ClN7O2S3. The smallest absolute Gasteiger partial charge is 0.271 e. The maximum Gasteiger partial charge on any atom is 0.271 e. The van der Waals surface area contributed by atoms with E-state index >= 15 is 0 Å². The number of benzene rings is 1. The number of aromatic amines is 1. The van der Waals surface area contributed by atoms with Crippen LogP contribution < -0.4 is 4.72 Å². The van der Waals surface area contributed by atoms with E-state index in [9.17, 15) is 8.42 Å². The molecule has 0 atom stereocenters. The zero-order valence-electron chi connectivity index (χ0n) is 12.6. The van der Waals surface area contributed by atoms with Gasteiger partial charge in [-0.3, -0.25) is 4.72 Å². The Hall–Kier alpha value is -2.41. The molecule has 132 valence electrons. The molecule has 0 aliphatic carbocycles. The number of H-pyrrole nitrogens is 1. The minimum Gasteiger partial charge on any atom is -0.279 e. The monoisotopic (exact) mass is 425 g/mol. The van der Waals surface area contributed by atoms with Gasteiger partial charge in [0.15, 0.2) is 5.82 Å². The molecule has 0 radical (unpaired) electrons. The number of nitrogens with zero attached hydrogens (tertiary/aromatic N) is 5. The van der Waals surface area contributed by atoms with Crippen LogP contribution in [-0.2, 0) is 10.0 Å². The third kappa shape index (κ3) is 3.44. The van der Waals surface area contributed by atoms with Gasteiger partial charge in [0.1, 0.15) is 4.21 Å². The third-order valence-corrected chi connectivity index (χ3v) is 6.94. The number of nitrogens with one attached hydrogen (secondary N) is 2. The van der Waals surface area contributed by atoms with Gasteiger partial charge >= 0.3 is 0 Å². The van der Waals surface area contributed by atoms with Crippen LogP contribution in [0.4, 0.5) is 5.69 Å². The summed E-state index contributed by atoms with van der Waals surface area (Å²) in [7, 11) is -3.76. The Balaban J connectivity index is 1.60. The van der Waals surface area contributed by atoms with E-state index in [1.165, 1.54) is 6.07 Å². The van der Waals surface area contributed by atoms with Crippen molar-refractivity contribution in [2.45, 2.75) is 4.21 Å². The fourth-order valence-corrected chi connectivity index (χ4v) is 5.06. The molecule has 0 saturated heterocycles. The molecule has 0 fully saturated rings. The summed E-state index contributed by atoms with van der Waals surface area (Å²) in [6.07, 6.45) is 0. The zero-order valence-corrected chi connectivity index (χ0v) is 15.8. The molecule has 4 aromatic rings. The number of tetrazole rings is 1. The maximum absolute atomic E-state index is 12.6. The second-order valence-corrected chi connectivity index (χ2v) is 9.24. The molecule has 0 saturated carbocycles. The molecule has 0 unspecified atom stereocenters. The largest absolute Gasteiger partial charge is 0.279 e. The summed E-state index contributed by atoms with van der Waals surface area (Å²) in [4.78, 5) is 4.67. The van der Waals surface area contributed by atoms with Gasteiger partial charge in [0.05, 0.1) is 4.88 Å². The van der Waals surface area contributed by atoms with Crippen molar-refractivity contribution in [3.8, 4) is 22.1 Å². The maximum atomic E-state index is 12.6. The van der Waals surface area contributed by atoms with E-state index in [1.807, 2.05) is 0 Å². The number of sulfonamides is 1. The van der Waals surface area contributed by atoms with Crippen molar-refractivity contribution in [1.82, 2.24) is 30.0 Å². The van der Waals surface area contributed by atoms with Gasteiger partial charge in [0.25, 0.3) is 10.0 Å². The molecular weight excluding hydrogens is 418 g/mol. The van der Waals surface area contributed by atoms with Gasteiger partial charge < -0.3 is 0 Å². The van der Waals surface area contributed by atoms with E-state index in [2.05, 4.69) is 34.7 Å². The Bertz CT molecular complexity index is 1150. The van der Waals surface area contributed by atoms with Gasteiger partial charge in [-0.2, -0.15) is 9.59 Å². The number of aromatic nitrogens is 6. The lowest BCUT2D eigenvalue weighted by molar-refractivity contribution is 0.603. The first-order chi connectivity index (χ1) is 12.5. The summed E-state index contributed by atoms with van der Waals surface area (Å²) in [6.45, 7) is 0. The van der Waals surface area contributed by atoms with Crippen LogP contribution in [0.2, 0.25) is 4.47 Å². The van der Waals surface area contributed by atoms with Crippen molar-refractivity contribution >= 4 is 50.2 Å². The highest BCUT2D eigenvalue weighted by Crippen LogP contribution is 2.31. The van der Waals surface area contributed by atoms with Crippen molar-refractivity contribution < 1.29 is 8.42 Å². The van der Waals surface area contributed by atoms with E-state index < -0.39 is 10.0 Å². The first kappa shape index (κ1) is 17.0. The SMILES string of the molecule is O=S(=O)(Nc1cccc(-c2nn[nH]n2)c1)c1ccc(-c2nsc(Cl)n2)s1. The van der Waals surface area contributed by atoms with Gasteiger partial charge in [-0.25, -0.2) is 13.4 Å². The van der Waals surface area contributed by atoms with Gasteiger partial charge in [-0.15, -0.1) is 21.5 Å². The molecule has 13 heteroatoms. The average molecular weight is 426 g/mol. The van der Waals surface area contributed by atoms with Crippen LogP contribution >= 0.6 is 34.5 Å². The fraction of sp³-hybridized carbons (Fsp3) is 0. The highest BCUT2D eigenvalue weighted by molar-refractivity contribution is 7.94. The molecule has 0 aliphatic rings. The normalized spacial score (nSPS) is 11.6. The quantitative estimate of drug-likeness (QED) is 0.503. The molecule has 0 aliphatic heterocycles. The number of halogens is 1. The molecule has 0 amide bonds. The zero-order chi connectivity index (χ0) is 18.1. The molecule has 9 nitrogen and oxygen atoms in total. The number of rotatable bonds is 5. The van der Waals surface area contributed by atoms with Crippen LogP contribution in [0, 0.1) is 0 Å². The van der Waals surface area contributed by atoms with E-state index in [0.29, 0.717) is 32.2 Å². The Morgan fingerprint density at radius 1 is 1.15 bits per heavy atom. The molecule has 2 N–H and O–H groups in total. The fourth-order valence-electron chi connectivity index (χ4n) is 2.10. The molecule has 3 aromatic heterocycles. The van der Waals surface area contributed by atoms with Gasteiger partial charge in [0, 0.05) is 11.3 Å². The number of anilines is 1.